The number of hydrogen-bond acceptors (Lipinski definition) is 3. The van der Waals surface area contributed by atoms with Gasteiger partial charge in [-0.05, 0) is 32.9 Å². The van der Waals surface area contributed by atoms with Crippen molar-refractivity contribution in [2.45, 2.75) is 76.8 Å². The van der Waals surface area contributed by atoms with Crippen molar-refractivity contribution in [3.63, 3.8) is 0 Å². The normalized spacial score (nSPS) is 22.2. The Morgan fingerprint density at radius 1 is 1.06 bits per heavy atom. The molecule has 0 aromatic rings. The quantitative estimate of drug-likeness (QED) is 0.435. The number of hydrazine groups is 1. The summed E-state index contributed by atoms with van der Waals surface area (Å²) in [6.07, 6.45) is 10.4. The lowest BCUT2D eigenvalue weighted by Gasteiger charge is -2.48. The van der Waals surface area contributed by atoms with Crippen LogP contribution in [-0.4, -0.2) is 30.6 Å². The second kappa shape index (κ2) is 7.46. The lowest BCUT2D eigenvalue weighted by atomic mass is 9.74. The van der Waals surface area contributed by atoms with Gasteiger partial charge in [0.2, 0.25) is 0 Å². The molecule has 0 aliphatic heterocycles. The third-order valence-corrected chi connectivity index (χ3v) is 5.14. The maximum absolute atomic E-state index is 5.95. The maximum atomic E-state index is 5.95. The lowest BCUT2D eigenvalue weighted by molar-refractivity contribution is 0.0498. The van der Waals surface area contributed by atoms with Crippen LogP contribution in [0.4, 0.5) is 0 Å². The summed E-state index contributed by atoms with van der Waals surface area (Å²) in [6, 6.07) is 0.417. The first-order chi connectivity index (χ1) is 8.62. The molecule has 1 unspecified atom stereocenters. The van der Waals surface area contributed by atoms with Crippen molar-refractivity contribution in [2.24, 2.45) is 11.8 Å². The van der Waals surface area contributed by atoms with E-state index in [2.05, 4.69) is 38.3 Å². The molecule has 1 fully saturated rings. The smallest absolute Gasteiger partial charge is 0.0422 e. The molecule has 1 atom stereocenters. The molecule has 0 heterocycles. The molecule has 0 aromatic heterocycles. The van der Waals surface area contributed by atoms with E-state index in [4.69, 9.17) is 5.84 Å². The molecule has 0 spiro atoms. The molecule has 0 aromatic carbocycles. The molecular weight excluding hydrogens is 222 g/mol. The molecular formula is C15H33N3. The average molecular weight is 255 g/mol. The summed E-state index contributed by atoms with van der Waals surface area (Å²) in [5, 5.41) is 0. The van der Waals surface area contributed by atoms with Crippen LogP contribution in [0.2, 0.25) is 0 Å². The van der Waals surface area contributed by atoms with E-state index in [0.717, 1.165) is 0 Å². The zero-order valence-corrected chi connectivity index (χ0v) is 12.8. The average Bonchev–Trinajstić information content (AvgIpc) is 2.62. The zero-order valence-electron chi connectivity index (χ0n) is 12.8. The molecule has 3 N–H and O–H groups in total. The van der Waals surface area contributed by atoms with E-state index in [-0.39, 0.29) is 5.54 Å². The molecule has 3 nitrogen and oxygen atoms in total. The molecule has 108 valence electrons. The summed E-state index contributed by atoms with van der Waals surface area (Å²) >= 11 is 0. The molecule has 18 heavy (non-hydrogen) atoms. The van der Waals surface area contributed by atoms with Gasteiger partial charge in [0.05, 0.1) is 0 Å². The molecule has 1 rings (SSSR count). The van der Waals surface area contributed by atoms with Gasteiger partial charge >= 0.3 is 0 Å². The van der Waals surface area contributed by atoms with Gasteiger partial charge in [-0.25, -0.2) is 0 Å². The van der Waals surface area contributed by atoms with Gasteiger partial charge in [0.1, 0.15) is 0 Å². The lowest BCUT2D eigenvalue weighted by Crippen LogP contribution is -2.63. The summed E-state index contributed by atoms with van der Waals surface area (Å²) in [7, 11) is 4.47. The summed E-state index contributed by atoms with van der Waals surface area (Å²) < 4.78 is 0. The van der Waals surface area contributed by atoms with E-state index >= 15 is 0 Å². The van der Waals surface area contributed by atoms with Crippen LogP contribution in [0.25, 0.3) is 0 Å². The zero-order chi connectivity index (χ0) is 13.6. The Balaban J connectivity index is 2.98. The van der Waals surface area contributed by atoms with Crippen molar-refractivity contribution >= 4 is 0 Å². The van der Waals surface area contributed by atoms with E-state index in [9.17, 15) is 0 Å². The van der Waals surface area contributed by atoms with E-state index in [1.54, 1.807) is 0 Å². The summed E-state index contributed by atoms with van der Waals surface area (Å²) in [4.78, 5) is 2.45. The van der Waals surface area contributed by atoms with Crippen molar-refractivity contribution in [1.82, 2.24) is 10.3 Å². The molecule has 0 amide bonds. The summed E-state index contributed by atoms with van der Waals surface area (Å²) in [5.74, 6) is 6.63. The highest BCUT2D eigenvalue weighted by molar-refractivity contribution is 5.01. The van der Waals surface area contributed by atoms with Gasteiger partial charge in [0, 0.05) is 11.6 Å². The third kappa shape index (κ3) is 3.25. The van der Waals surface area contributed by atoms with Gasteiger partial charge in [-0.15, -0.1) is 0 Å². The molecule has 3 heteroatoms. The van der Waals surface area contributed by atoms with Crippen LogP contribution in [0, 0.1) is 5.92 Å². The Labute approximate surface area is 113 Å². The highest BCUT2D eigenvalue weighted by Crippen LogP contribution is 2.37. The minimum absolute atomic E-state index is 0.252. The third-order valence-electron chi connectivity index (χ3n) is 5.14. The number of hydrogen-bond donors (Lipinski definition) is 2. The molecule has 1 aliphatic carbocycles. The fourth-order valence-corrected chi connectivity index (χ4v) is 3.87. The predicted octanol–water partition coefficient (Wildman–Crippen LogP) is 2.91. The van der Waals surface area contributed by atoms with Crippen molar-refractivity contribution in [3.05, 3.63) is 0 Å². The van der Waals surface area contributed by atoms with Gasteiger partial charge in [0.25, 0.3) is 0 Å². The van der Waals surface area contributed by atoms with E-state index < -0.39 is 0 Å². The topological polar surface area (TPSA) is 41.3 Å². The van der Waals surface area contributed by atoms with Crippen molar-refractivity contribution < 1.29 is 0 Å². The Kier molecular flexibility index (Phi) is 6.61. The predicted molar refractivity (Wildman–Crippen MR) is 79.3 cm³/mol. The van der Waals surface area contributed by atoms with Gasteiger partial charge < -0.3 is 4.90 Å². The SMILES string of the molecule is CCC(CC)C(NN)C1(N(C)C)CCCCCC1. The summed E-state index contributed by atoms with van der Waals surface area (Å²) in [6.45, 7) is 4.58. The van der Waals surface area contributed by atoms with E-state index in [1.807, 2.05) is 0 Å². The van der Waals surface area contributed by atoms with Crippen LogP contribution < -0.4 is 11.3 Å². The van der Waals surface area contributed by atoms with Crippen LogP contribution >= 0.6 is 0 Å². The Bertz CT molecular complexity index is 216. The van der Waals surface area contributed by atoms with Crippen LogP contribution in [0.15, 0.2) is 0 Å². The Hall–Kier alpha value is -0.120. The summed E-state index contributed by atoms with van der Waals surface area (Å²) in [5.41, 5.74) is 3.43. The number of nitrogens with zero attached hydrogens (tertiary/aromatic N) is 1. The molecule has 1 aliphatic rings. The van der Waals surface area contributed by atoms with Gasteiger partial charge in [0.15, 0.2) is 0 Å². The van der Waals surface area contributed by atoms with Crippen molar-refractivity contribution in [1.29, 1.82) is 0 Å². The fourth-order valence-electron chi connectivity index (χ4n) is 3.87. The number of nitrogens with one attached hydrogen (secondary N) is 1. The molecule has 0 radical (unpaired) electrons. The van der Waals surface area contributed by atoms with Crippen LogP contribution in [0.5, 0.6) is 0 Å². The monoisotopic (exact) mass is 255 g/mol. The van der Waals surface area contributed by atoms with Crippen LogP contribution in [-0.2, 0) is 0 Å². The fraction of sp³-hybridized carbons (Fsp3) is 1.00. The van der Waals surface area contributed by atoms with E-state index in [1.165, 1.54) is 51.4 Å². The van der Waals surface area contributed by atoms with Crippen LogP contribution in [0.3, 0.4) is 0 Å². The maximum Gasteiger partial charge on any atom is 0.0422 e. The van der Waals surface area contributed by atoms with Gasteiger partial charge in [-0.2, -0.15) is 0 Å². The van der Waals surface area contributed by atoms with Gasteiger partial charge in [-0.3, -0.25) is 11.3 Å². The minimum atomic E-state index is 0.252. The van der Waals surface area contributed by atoms with E-state index in [0.29, 0.717) is 12.0 Å². The largest absolute Gasteiger partial charge is 0.302 e. The van der Waals surface area contributed by atoms with Gasteiger partial charge in [-0.1, -0.05) is 52.4 Å². The molecule has 1 saturated carbocycles. The standard InChI is InChI=1S/C15H33N3/c1-5-13(6-2)14(17-16)15(18(3)4)11-9-7-8-10-12-15/h13-14,17H,5-12,16H2,1-4H3. The number of rotatable bonds is 6. The Morgan fingerprint density at radius 3 is 1.89 bits per heavy atom. The molecule has 0 saturated heterocycles. The first-order valence-corrected chi connectivity index (χ1v) is 7.76. The first kappa shape index (κ1) is 15.9. The minimum Gasteiger partial charge on any atom is -0.302 e. The van der Waals surface area contributed by atoms with Crippen molar-refractivity contribution in [3.8, 4) is 0 Å². The second-order valence-electron chi connectivity index (χ2n) is 6.13. The van der Waals surface area contributed by atoms with Crippen molar-refractivity contribution in [2.75, 3.05) is 14.1 Å². The Morgan fingerprint density at radius 2 is 1.56 bits per heavy atom. The van der Waals surface area contributed by atoms with Crippen LogP contribution in [0.1, 0.15) is 65.2 Å². The first-order valence-electron chi connectivity index (χ1n) is 7.76. The number of likely N-dealkylation sites (N-methyl/N-ethyl adjacent to an activating group) is 1. The highest BCUT2D eigenvalue weighted by atomic mass is 15.3. The molecule has 0 bridgehead atoms. The second-order valence-corrected chi connectivity index (χ2v) is 6.13. The number of nitrogens with two attached hydrogens (primary N) is 1. The highest BCUT2D eigenvalue weighted by Gasteiger charge is 2.43.